The van der Waals surface area contributed by atoms with Crippen LogP contribution in [-0.2, 0) is 13.1 Å². The van der Waals surface area contributed by atoms with Gasteiger partial charge < -0.3 is 31.5 Å². The number of benzene rings is 2. The number of hydrogen-bond acceptors (Lipinski definition) is 12. The van der Waals surface area contributed by atoms with E-state index in [0.29, 0.717) is 11.4 Å². The molecule has 5 aromatic rings. The van der Waals surface area contributed by atoms with Crippen molar-refractivity contribution in [1.82, 2.24) is 0 Å². The third kappa shape index (κ3) is 5.68. The molecule has 40 heavy (non-hydrogen) atoms. The van der Waals surface area contributed by atoms with Gasteiger partial charge in [0, 0.05) is 24.5 Å². The van der Waals surface area contributed by atoms with Gasteiger partial charge in [-0.3, -0.25) is 28.8 Å². The molecule has 0 bridgehead atoms. The molecular weight excluding hydrogens is 542 g/mol. The van der Waals surface area contributed by atoms with Crippen LogP contribution in [0.15, 0.2) is 77.3 Å². The average Bonchev–Trinajstić information content (AvgIpc) is 2.95. The van der Waals surface area contributed by atoms with Gasteiger partial charge in [-0.15, -0.1) is 0 Å². The van der Waals surface area contributed by atoms with E-state index in [-0.39, 0.29) is 95.0 Å². The minimum Gasteiger partial charge on any atom is -0.868 e. The van der Waals surface area contributed by atoms with Crippen LogP contribution in [0.4, 0.5) is 34.1 Å². The van der Waals surface area contributed by atoms with Gasteiger partial charge in [-0.05, 0) is 46.9 Å². The van der Waals surface area contributed by atoms with E-state index in [4.69, 9.17) is 0 Å². The third-order valence-electron chi connectivity index (χ3n) is 6.03. The summed E-state index contributed by atoms with van der Waals surface area (Å²) in [7, 11) is 0. The molecule has 12 nitrogen and oxygen atoms in total. The van der Waals surface area contributed by atoms with E-state index in [1.54, 1.807) is 48.5 Å². The molecule has 5 rings (SSSR count). The molecule has 5 aromatic carbocycles. The Morgan fingerprint density at radius 1 is 0.450 bits per heavy atom. The molecule has 0 aliphatic heterocycles. The molecule has 4 N–H and O–H groups in total. The van der Waals surface area contributed by atoms with Gasteiger partial charge in [0.2, 0.25) is 21.7 Å². The second-order valence-electron chi connectivity index (χ2n) is 8.48. The maximum Gasteiger partial charge on any atom is 1.00 e. The van der Waals surface area contributed by atoms with Crippen LogP contribution >= 0.6 is 0 Å². The summed E-state index contributed by atoms with van der Waals surface area (Å²) < 4.78 is 0. The van der Waals surface area contributed by atoms with Crippen LogP contribution in [0.25, 0.3) is 0 Å². The van der Waals surface area contributed by atoms with Crippen LogP contribution in [0.2, 0.25) is 0 Å². The maximum absolute atomic E-state index is 12.1. The third-order valence-corrected chi connectivity index (χ3v) is 6.03. The monoisotopic (exact) mass is 558 g/mol. The van der Waals surface area contributed by atoms with Gasteiger partial charge in [-0.1, -0.05) is 24.3 Å². The summed E-state index contributed by atoms with van der Waals surface area (Å²) in [6, 6.07) is 13.1. The van der Waals surface area contributed by atoms with Gasteiger partial charge in [0.25, 0.3) is 10.9 Å². The smallest absolute Gasteiger partial charge is 0.868 e. The quantitative estimate of drug-likeness (QED) is 0.0936. The van der Waals surface area contributed by atoms with Crippen LogP contribution in [0.5, 0.6) is 11.5 Å². The molecule has 14 heteroatoms. The topological polar surface area (TPSA) is 197 Å². The number of rotatable bonds is 10. The summed E-state index contributed by atoms with van der Waals surface area (Å²) in [5.41, 5.74) is -3.02. The molecule has 0 atom stereocenters. The van der Waals surface area contributed by atoms with Gasteiger partial charge >= 0.3 is 59.1 Å². The van der Waals surface area contributed by atoms with Crippen molar-refractivity contribution >= 4 is 34.1 Å². The molecule has 0 aliphatic rings. The zero-order chi connectivity index (χ0) is 27.1. The fourth-order valence-electron chi connectivity index (χ4n) is 3.78. The summed E-state index contributed by atoms with van der Waals surface area (Å²) in [5, 5.41) is 33.9. The maximum atomic E-state index is 12.1. The summed E-state index contributed by atoms with van der Waals surface area (Å²) in [4.78, 5) is 69.0. The zero-order valence-electron chi connectivity index (χ0n) is 21.3. The van der Waals surface area contributed by atoms with Gasteiger partial charge in [-0.25, -0.2) is 0 Å². The van der Waals surface area contributed by atoms with E-state index in [0.717, 1.165) is 11.1 Å². The normalized spacial score (nSPS) is 10.6. The Labute approximate surface area is 268 Å². The summed E-state index contributed by atoms with van der Waals surface area (Å²) in [5.74, 6) is -1.71. The second kappa shape index (κ2) is 12.3. The molecular formula is C26H16N4Na2O8. The van der Waals surface area contributed by atoms with Crippen molar-refractivity contribution in [1.29, 1.82) is 0 Å². The molecule has 0 unspecified atom stereocenters. The van der Waals surface area contributed by atoms with Crippen molar-refractivity contribution in [2.24, 2.45) is 0 Å². The minimum atomic E-state index is -1.04. The second-order valence-corrected chi connectivity index (χ2v) is 8.48. The van der Waals surface area contributed by atoms with Crippen LogP contribution < -0.4 is 123 Å². The Hall–Kier alpha value is -3.52. The first kappa shape index (κ1) is 31.0. The summed E-state index contributed by atoms with van der Waals surface area (Å²) >= 11 is 0. The van der Waals surface area contributed by atoms with Crippen molar-refractivity contribution in [2.75, 3.05) is 21.3 Å². The SMILES string of the molecule is O=c1c([O-])c(Nc2ccc(CNc3c(NCc4ccc(Nc5c([O-])c(=O)c5=O)cc4)c(=O)c3=O)cc2)c1=O.[Na+].[Na+]. The van der Waals surface area contributed by atoms with E-state index >= 15 is 0 Å². The Kier molecular flexibility index (Phi) is 9.56. The fourth-order valence-corrected chi connectivity index (χ4v) is 3.78. The zero-order valence-corrected chi connectivity index (χ0v) is 25.3. The number of hydrogen-bond donors (Lipinski definition) is 4. The van der Waals surface area contributed by atoms with Crippen LogP contribution in [-0.4, -0.2) is 0 Å². The number of nitrogens with one attached hydrogen (secondary N) is 4. The molecule has 0 spiro atoms. The molecule has 0 radical (unpaired) electrons. The summed E-state index contributed by atoms with van der Waals surface area (Å²) in [6.45, 7) is 0.428. The molecule has 190 valence electrons. The first-order chi connectivity index (χ1) is 18.2. The van der Waals surface area contributed by atoms with E-state index in [1.807, 2.05) is 0 Å². The van der Waals surface area contributed by atoms with Gasteiger partial charge in [0.1, 0.15) is 11.4 Å². The molecule has 0 heterocycles. The van der Waals surface area contributed by atoms with E-state index < -0.39 is 44.1 Å². The van der Waals surface area contributed by atoms with Crippen molar-refractivity contribution in [3.63, 3.8) is 0 Å². The van der Waals surface area contributed by atoms with Crippen molar-refractivity contribution in [3.05, 3.63) is 121 Å². The van der Waals surface area contributed by atoms with Crippen LogP contribution in [0.3, 0.4) is 0 Å². The molecule has 0 aromatic heterocycles. The Morgan fingerprint density at radius 2 is 0.750 bits per heavy atom. The fraction of sp³-hybridized carbons (Fsp3) is 0.0769. The van der Waals surface area contributed by atoms with Crippen molar-refractivity contribution < 1.29 is 69.3 Å². The average molecular weight is 558 g/mol. The molecule has 0 aliphatic carbocycles. The van der Waals surface area contributed by atoms with Crippen molar-refractivity contribution in [2.45, 2.75) is 13.1 Å². The summed E-state index contributed by atoms with van der Waals surface area (Å²) in [6.07, 6.45) is 0. The van der Waals surface area contributed by atoms with Gasteiger partial charge in [0.15, 0.2) is 0 Å². The predicted octanol–water partition coefficient (Wildman–Crippen LogP) is -6.66. The molecule has 0 saturated carbocycles. The molecule has 0 saturated heterocycles. The largest absolute Gasteiger partial charge is 1.00 e. The Morgan fingerprint density at radius 3 is 1.05 bits per heavy atom. The first-order valence-electron chi connectivity index (χ1n) is 11.2. The minimum absolute atomic E-state index is 0. The van der Waals surface area contributed by atoms with E-state index in [1.165, 1.54) is 0 Å². The van der Waals surface area contributed by atoms with Crippen molar-refractivity contribution in [3.8, 4) is 11.5 Å². The van der Waals surface area contributed by atoms with Gasteiger partial charge in [-0.2, -0.15) is 0 Å². The van der Waals surface area contributed by atoms with Gasteiger partial charge in [0.05, 0.1) is 11.4 Å². The molecule has 0 amide bonds. The van der Waals surface area contributed by atoms with Crippen LogP contribution in [0.1, 0.15) is 11.1 Å². The Bertz CT molecular complexity index is 1770. The van der Waals surface area contributed by atoms with E-state index in [2.05, 4.69) is 21.3 Å². The first-order valence-corrected chi connectivity index (χ1v) is 11.2. The number of anilines is 6. The Balaban J connectivity index is 0.00000220. The standard InChI is InChI=1S/C26H18N4O8.2Na/c31-19-15(27-9-11-1-5-13(6-2-11)29-17-21(33)25(37)22(17)34)16(20(19)32)28-10-12-3-7-14(8-4-12)30-18-23(35)26(38)24(18)36;;/h1-8,27-30,33,35H,9-10H2;;/q;2*+1/p-2. The predicted molar refractivity (Wildman–Crippen MR) is 137 cm³/mol. The van der Waals surface area contributed by atoms with Crippen LogP contribution in [0, 0.1) is 0 Å². The molecule has 0 fully saturated rings. The van der Waals surface area contributed by atoms with E-state index in [9.17, 15) is 39.0 Å².